The van der Waals surface area contributed by atoms with Crippen molar-refractivity contribution in [3.05, 3.63) is 0 Å². The average Bonchev–Trinajstić information content (AvgIpc) is 2.62. The highest BCUT2D eigenvalue weighted by molar-refractivity contribution is 5.97. The Hall–Kier alpha value is -0.940. The van der Waals surface area contributed by atoms with Gasteiger partial charge in [-0.15, -0.1) is 0 Å². The summed E-state index contributed by atoms with van der Waals surface area (Å²) in [5, 5.41) is 9.18. The molecule has 0 atom stereocenters. The van der Waals surface area contributed by atoms with Crippen molar-refractivity contribution >= 4 is 11.8 Å². The second-order valence-corrected chi connectivity index (χ2v) is 5.23. The van der Waals surface area contributed by atoms with Crippen LogP contribution in [0.25, 0.3) is 0 Å². The zero-order chi connectivity index (χ0) is 12.4. The largest absolute Gasteiger partial charge is 0.393 e. The molecule has 1 heterocycles. The highest BCUT2D eigenvalue weighted by Gasteiger charge is 2.30. The number of carbonyl (C=O) groups is 2. The van der Waals surface area contributed by atoms with Crippen LogP contribution in [0.4, 0.5) is 0 Å². The van der Waals surface area contributed by atoms with Gasteiger partial charge in [-0.2, -0.15) is 0 Å². The first-order chi connectivity index (χ1) is 8.06. The quantitative estimate of drug-likeness (QED) is 0.741. The Balaban J connectivity index is 1.72. The average molecular weight is 240 g/mol. The van der Waals surface area contributed by atoms with Crippen LogP contribution in [0, 0.1) is 5.92 Å². The Morgan fingerprint density at radius 2 is 2.24 bits per heavy atom. The normalized spacial score (nSPS) is 28.6. The summed E-state index contributed by atoms with van der Waals surface area (Å²) < 4.78 is 0. The zero-order valence-corrected chi connectivity index (χ0v) is 10.3. The van der Waals surface area contributed by atoms with Gasteiger partial charge >= 0.3 is 0 Å². The van der Waals surface area contributed by atoms with Crippen molar-refractivity contribution in [2.24, 2.45) is 5.92 Å². The number of carbonyl (C=O) groups excluding carboxylic acids is 2. The lowest BCUT2D eigenvalue weighted by Gasteiger charge is -2.34. The number of hydrogen-bond donors (Lipinski definition) is 1. The summed E-state index contributed by atoms with van der Waals surface area (Å²) in [6.07, 6.45) is 2.82. The van der Waals surface area contributed by atoms with Gasteiger partial charge in [-0.05, 0) is 32.2 Å². The number of likely N-dealkylation sites (tertiary alicyclic amines) is 1. The molecular weight excluding hydrogens is 220 g/mol. The molecule has 0 spiro atoms. The fourth-order valence-corrected chi connectivity index (χ4v) is 2.58. The van der Waals surface area contributed by atoms with Crippen molar-refractivity contribution in [2.45, 2.75) is 31.8 Å². The summed E-state index contributed by atoms with van der Waals surface area (Å²) in [5.74, 6) is 0.370. The SMILES string of the molecule is CN(CC(=O)N1CCCC1=O)CC1CC(O)C1. The van der Waals surface area contributed by atoms with Crippen LogP contribution in [-0.2, 0) is 9.59 Å². The maximum Gasteiger partial charge on any atom is 0.243 e. The third-order valence-corrected chi connectivity index (χ3v) is 3.56. The van der Waals surface area contributed by atoms with Crippen LogP contribution >= 0.6 is 0 Å². The van der Waals surface area contributed by atoms with E-state index in [1.807, 2.05) is 11.9 Å². The number of imide groups is 1. The highest BCUT2D eigenvalue weighted by Crippen LogP contribution is 2.27. The number of nitrogens with zero attached hydrogens (tertiary/aromatic N) is 2. The van der Waals surface area contributed by atoms with Gasteiger partial charge in [0.05, 0.1) is 12.6 Å². The fraction of sp³-hybridized carbons (Fsp3) is 0.833. The van der Waals surface area contributed by atoms with Crippen LogP contribution in [0.3, 0.4) is 0 Å². The van der Waals surface area contributed by atoms with Crippen molar-refractivity contribution in [3.63, 3.8) is 0 Å². The van der Waals surface area contributed by atoms with Crippen LogP contribution in [-0.4, -0.2) is 59.5 Å². The second-order valence-electron chi connectivity index (χ2n) is 5.23. The topological polar surface area (TPSA) is 60.9 Å². The van der Waals surface area contributed by atoms with Crippen molar-refractivity contribution in [1.82, 2.24) is 9.80 Å². The summed E-state index contributed by atoms with van der Waals surface area (Å²) >= 11 is 0. The van der Waals surface area contributed by atoms with Gasteiger partial charge in [0.1, 0.15) is 0 Å². The summed E-state index contributed by atoms with van der Waals surface area (Å²) in [4.78, 5) is 26.5. The highest BCUT2D eigenvalue weighted by atomic mass is 16.3. The van der Waals surface area contributed by atoms with Crippen molar-refractivity contribution in [3.8, 4) is 0 Å². The standard InChI is InChI=1S/C12H20N2O3/c1-13(7-9-5-10(15)6-9)8-12(17)14-4-2-3-11(14)16/h9-10,15H,2-8H2,1H3. The Morgan fingerprint density at radius 3 is 2.76 bits per heavy atom. The van der Waals surface area contributed by atoms with Gasteiger partial charge in [0.15, 0.2) is 0 Å². The Morgan fingerprint density at radius 1 is 1.53 bits per heavy atom. The predicted molar refractivity (Wildman–Crippen MR) is 62.2 cm³/mol. The van der Waals surface area contributed by atoms with Crippen LogP contribution < -0.4 is 0 Å². The van der Waals surface area contributed by atoms with E-state index >= 15 is 0 Å². The van der Waals surface area contributed by atoms with Crippen molar-refractivity contribution in [2.75, 3.05) is 26.7 Å². The maximum absolute atomic E-state index is 11.8. The minimum Gasteiger partial charge on any atom is -0.393 e. The molecule has 1 saturated heterocycles. The molecule has 0 bridgehead atoms. The lowest BCUT2D eigenvalue weighted by molar-refractivity contribution is -0.142. The van der Waals surface area contributed by atoms with Gasteiger partial charge in [0.25, 0.3) is 0 Å². The van der Waals surface area contributed by atoms with Crippen LogP contribution in [0.5, 0.6) is 0 Å². The first kappa shape index (κ1) is 12.5. The molecule has 1 saturated carbocycles. The van der Waals surface area contributed by atoms with E-state index in [9.17, 15) is 14.7 Å². The van der Waals surface area contributed by atoms with Crippen molar-refractivity contribution in [1.29, 1.82) is 0 Å². The smallest absolute Gasteiger partial charge is 0.243 e. The lowest BCUT2D eigenvalue weighted by Crippen LogP contribution is -2.43. The first-order valence-corrected chi connectivity index (χ1v) is 6.26. The summed E-state index contributed by atoms with van der Waals surface area (Å²) in [6.45, 7) is 1.71. The van der Waals surface area contributed by atoms with E-state index < -0.39 is 0 Å². The van der Waals surface area contributed by atoms with Gasteiger partial charge in [-0.3, -0.25) is 19.4 Å². The molecule has 1 aliphatic carbocycles. The van der Waals surface area contributed by atoms with E-state index in [0.29, 0.717) is 25.4 Å². The molecule has 2 aliphatic rings. The number of likely N-dealkylation sites (N-methyl/N-ethyl adjacent to an activating group) is 1. The Kier molecular flexibility index (Phi) is 3.79. The molecule has 17 heavy (non-hydrogen) atoms. The molecule has 0 radical (unpaired) electrons. The minimum atomic E-state index is -0.149. The fourth-order valence-electron chi connectivity index (χ4n) is 2.58. The monoisotopic (exact) mass is 240 g/mol. The zero-order valence-electron chi connectivity index (χ0n) is 10.3. The molecule has 96 valence electrons. The second kappa shape index (κ2) is 5.14. The maximum atomic E-state index is 11.8. The number of aliphatic hydroxyl groups is 1. The molecule has 1 N–H and O–H groups in total. The number of hydrogen-bond acceptors (Lipinski definition) is 4. The molecule has 5 heteroatoms. The van der Waals surface area contributed by atoms with E-state index in [-0.39, 0.29) is 17.9 Å². The molecule has 0 aromatic carbocycles. The molecule has 1 aliphatic heterocycles. The molecule has 2 rings (SSSR count). The van der Waals surface area contributed by atoms with Crippen LogP contribution in [0.1, 0.15) is 25.7 Å². The van der Waals surface area contributed by atoms with E-state index in [0.717, 1.165) is 25.8 Å². The van der Waals surface area contributed by atoms with E-state index in [1.54, 1.807) is 0 Å². The third-order valence-electron chi connectivity index (χ3n) is 3.56. The Bertz CT molecular complexity index is 313. The van der Waals surface area contributed by atoms with Gasteiger partial charge in [0.2, 0.25) is 11.8 Å². The minimum absolute atomic E-state index is 0.0394. The summed E-state index contributed by atoms with van der Waals surface area (Å²) in [6, 6.07) is 0. The molecule has 0 aromatic heterocycles. The van der Waals surface area contributed by atoms with Crippen molar-refractivity contribution < 1.29 is 14.7 Å². The molecule has 0 unspecified atom stereocenters. The molecule has 0 aromatic rings. The number of aliphatic hydroxyl groups excluding tert-OH is 1. The predicted octanol–water partition coefficient (Wildman–Crippen LogP) is -0.162. The molecule has 2 amide bonds. The van der Waals surface area contributed by atoms with Gasteiger partial charge in [0, 0.05) is 19.5 Å². The van der Waals surface area contributed by atoms with Gasteiger partial charge in [-0.1, -0.05) is 0 Å². The summed E-state index contributed by atoms with van der Waals surface area (Å²) in [5.41, 5.74) is 0. The number of rotatable bonds is 4. The van der Waals surface area contributed by atoms with Crippen LogP contribution in [0.2, 0.25) is 0 Å². The van der Waals surface area contributed by atoms with Gasteiger partial charge in [-0.25, -0.2) is 0 Å². The molecule has 2 fully saturated rings. The summed E-state index contributed by atoms with van der Waals surface area (Å²) in [7, 11) is 1.89. The van der Waals surface area contributed by atoms with E-state index in [2.05, 4.69) is 0 Å². The lowest BCUT2D eigenvalue weighted by atomic mass is 9.82. The van der Waals surface area contributed by atoms with Gasteiger partial charge < -0.3 is 5.11 Å². The third kappa shape index (κ3) is 3.04. The molecular formula is C12H20N2O3. The molecule has 5 nitrogen and oxygen atoms in total. The Labute approximate surface area is 101 Å². The first-order valence-electron chi connectivity index (χ1n) is 6.26. The van der Waals surface area contributed by atoms with E-state index in [1.165, 1.54) is 4.90 Å². The number of amides is 2. The van der Waals surface area contributed by atoms with Crippen LogP contribution in [0.15, 0.2) is 0 Å². The van der Waals surface area contributed by atoms with E-state index in [4.69, 9.17) is 0 Å².